The quantitative estimate of drug-likeness (QED) is 0.550. The molecule has 0 aliphatic heterocycles. The number of hydrogen-bond donors (Lipinski definition) is 2. The summed E-state index contributed by atoms with van der Waals surface area (Å²) in [6.07, 6.45) is 2.93. The smallest absolute Gasteiger partial charge is 0.276 e. The Morgan fingerprint density at radius 2 is 1.63 bits per heavy atom. The molecule has 7 heteroatoms. The molecule has 0 bridgehead atoms. The lowest BCUT2D eigenvalue weighted by Crippen LogP contribution is -2.43. The minimum atomic E-state index is -0.493. The van der Waals surface area contributed by atoms with E-state index in [0.717, 1.165) is 11.3 Å². The molecule has 0 aliphatic rings. The molecule has 0 spiro atoms. The van der Waals surface area contributed by atoms with Gasteiger partial charge in [0.05, 0.1) is 13.7 Å². The van der Waals surface area contributed by atoms with Crippen molar-refractivity contribution >= 4 is 17.9 Å². The number of carbonyl (C=O) groups excluding carboxylic acids is 2. The van der Waals surface area contributed by atoms with Crippen LogP contribution >= 0.6 is 0 Å². The Morgan fingerprint density at radius 1 is 0.963 bits per heavy atom. The van der Waals surface area contributed by atoms with Crippen molar-refractivity contribution in [2.24, 2.45) is 0 Å². The number of benzene rings is 2. The van der Waals surface area contributed by atoms with E-state index in [1.54, 1.807) is 43.5 Å². The normalized spacial score (nSPS) is 10.3. The van der Waals surface area contributed by atoms with Gasteiger partial charge in [0.15, 0.2) is 18.1 Å². The summed E-state index contributed by atoms with van der Waals surface area (Å²) < 4.78 is 15.9. The molecule has 2 aromatic rings. The third-order valence-corrected chi connectivity index (χ3v) is 3.38. The van der Waals surface area contributed by atoms with Crippen molar-refractivity contribution < 1.29 is 23.8 Å². The third-order valence-electron chi connectivity index (χ3n) is 3.38. The topological polar surface area (TPSA) is 85.9 Å². The van der Waals surface area contributed by atoms with Crippen molar-refractivity contribution in [1.82, 2.24) is 10.9 Å². The van der Waals surface area contributed by atoms with Gasteiger partial charge in [-0.3, -0.25) is 20.4 Å². The Hall–Kier alpha value is -3.48. The fourth-order valence-electron chi connectivity index (χ4n) is 2.08. The third kappa shape index (κ3) is 6.74. The van der Waals surface area contributed by atoms with Gasteiger partial charge in [0, 0.05) is 6.08 Å². The first-order valence-electron chi connectivity index (χ1n) is 8.38. The number of hydrazine groups is 1. The maximum absolute atomic E-state index is 11.8. The fraction of sp³-hybridized carbons (Fsp3) is 0.200. The average Bonchev–Trinajstić information content (AvgIpc) is 2.70. The minimum Gasteiger partial charge on any atom is -0.497 e. The highest BCUT2D eigenvalue weighted by molar-refractivity contribution is 5.93. The molecule has 0 fully saturated rings. The molecule has 2 N–H and O–H groups in total. The summed E-state index contributed by atoms with van der Waals surface area (Å²) in [4.78, 5) is 23.6. The van der Waals surface area contributed by atoms with Crippen LogP contribution in [0.4, 0.5) is 0 Å². The van der Waals surface area contributed by atoms with Gasteiger partial charge in [0.1, 0.15) is 5.75 Å². The summed E-state index contributed by atoms with van der Waals surface area (Å²) in [6.45, 7) is 2.09. The summed E-state index contributed by atoms with van der Waals surface area (Å²) >= 11 is 0. The monoisotopic (exact) mass is 370 g/mol. The summed E-state index contributed by atoms with van der Waals surface area (Å²) in [5.41, 5.74) is 5.40. The molecular weight excluding hydrogens is 348 g/mol. The molecule has 2 aromatic carbocycles. The second kappa shape index (κ2) is 10.5. The standard InChI is InChI=1S/C20H22N2O5/c1-3-26-17-6-4-5-7-18(17)27-14-20(24)22-21-19(23)13-10-15-8-11-16(25-2)12-9-15/h4-13H,3,14H2,1-2H3,(H,21,23)(H,22,24)/b13-10+. The second-order valence-electron chi connectivity index (χ2n) is 5.31. The molecule has 0 aromatic heterocycles. The van der Waals surface area contributed by atoms with E-state index < -0.39 is 11.8 Å². The average molecular weight is 370 g/mol. The molecule has 0 heterocycles. The highest BCUT2D eigenvalue weighted by Crippen LogP contribution is 2.26. The first-order valence-corrected chi connectivity index (χ1v) is 8.38. The van der Waals surface area contributed by atoms with Crippen LogP contribution in [0.2, 0.25) is 0 Å². The van der Waals surface area contributed by atoms with Gasteiger partial charge < -0.3 is 14.2 Å². The van der Waals surface area contributed by atoms with E-state index in [1.807, 2.05) is 25.1 Å². The fourth-order valence-corrected chi connectivity index (χ4v) is 2.08. The van der Waals surface area contributed by atoms with Crippen molar-refractivity contribution in [2.45, 2.75) is 6.92 Å². The van der Waals surface area contributed by atoms with Crippen LogP contribution in [-0.2, 0) is 9.59 Å². The summed E-state index contributed by atoms with van der Waals surface area (Å²) in [6, 6.07) is 14.2. The number of nitrogens with one attached hydrogen (secondary N) is 2. The Labute approximate surface area is 157 Å². The lowest BCUT2D eigenvalue weighted by atomic mass is 10.2. The van der Waals surface area contributed by atoms with E-state index in [2.05, 4.69) is 10.9 Å². The van der Waals surface area contributed by atoms with E-state index in [4.69, 9.17) is 14.2 Å². The van der Waals surface area contributed by atoms with Gasteiger partial charge in [0.25, 0.3) is 11.8 Å². The van der Waals surface area contributed by atoms with Crippen LogP contribution < -0.4 is 25.1 Å². The maximum Gasteiger partial charge on any atom is 0.276 e. The van der Waals surface area contributed by atoms with Crippen LogP contribution in [0, 0.1) is 0 Å². The number of hydrogen-bond acceptors (Lipinski definition) is 5. The maximum atomic E-state index is 11.8. The Kier molecular flexibility index (Phi) is 7.71. The first-order chi connectivity index (χ1) is 13.1. The molecular formula is C20H22N2O5. The molecule has 27 heavy (non-hydrogen) atoms. The number of rotatable bonds is 8. The zero-order chi connectivity index (χ0) is 19.5. The lowest BCUT2D eigenvalue weighted by Gasteiger charge is -2.11. The summed E-state index contributed by atoms with van der Waals surface area (Å²) in [5.74, 6) is 0.788. The molecule has 0 radical (unpaired) electrons. The van der Waals surface area contributed by atoms with Crippen LogP contribution in [0.25, 0.3) is 6.08 Å². The van der Waals surface area contributed by atoms with Gasteiger partial charge in [-0.2, -0.15) is 0 Å². The van der Waals surface area contributed by atoms with Gasteiger partial charge in [-0.15, -0.1) is 0 Å². The van der Waals surface area contributed by atoms with Gasteiger partial charge in [-0.1, -0.05) is 24.3 Å². The van der Waals surface area contributed by atoms with Crippen LogP contribution in [0.5, 0.6) is 17.2 Å². The zero-order valence-corrected chi connectivity index (χ0v) is 15.2. The number of ether oxygens (including phenoxy) is 3. The predicted molar refractivity (Wildman–Crippen MR) is 101 cm³/mol. The lowest BCUT2D eigenvalue weighted by molar-refractivity contribution is -0.128. The number of methoxy groups -OCH3 is 1. The highest BCUT2D eigenvalue weighted by Gasteiger charge is 2.07. The number of amides is 2. The van der Waals surface area contributed by atoms with E-state index in [1.165, 1.54) is 6.08 Å². The van der Waals surface area contributed by atoms with E-state index >= 15 is 0 Å². The molecule has 142 valence electrons. The number of para-hydroxylation sites is 2. The van der Waals surface area contributed by atoms with Crippen molar-refractivity contribution in [3.63, 3.8) is 0 Å². The van der Waals surface area contributed by atoms with Crippen LogP contribution in [0.3, 0.4) is 0 Å². The van der Waals surface area contributed by atoms with Crippen LogP contribution in [-0.4, -0.2) is 32.1 Å². The van der Waals surface area contributed by atoms with Crippen molar-refractivity contribution in [3.05, 3.63) is 60.2 Å². The summed E-state index contributed by atoms with van der Waals surface area (Å²) in [5, 5.41) is 0. The van der Waals surface area contributed by atoms with Crippen molar-refractivity contribution in [1.29, 1.82) is 0 Å². The molecule has 0 atom stereocenters. The van der Waals surface area contributed by atoms with Gasteiger partial charge in [-0.05, 0) is 42.8 Å². The van der Waals surface area contributed by atoms with Crippen molar-refractivity contribution in [2.75, 3.05) is 20.3 Å². The van der Waals surface area contributed by atoms with Crippen molar-refractivity contribution in [3.8, 4) is 17.2 Å². The molecule has 0 aliphatic carbocycles. The van der Waals surface area contributed by atoms with Crippen LogP contribution in [0.1, 0.15) is 12.5 Å². The molecule has 0 unspecified atom stereocenters. The van der Waals surface area contributed by atoms with Gasteiger partial charge >= 0.3 is 0 Å². The van der Waals surface area contributed by atoms with E-state index in [0.29, 0.717) is 18.1 Å². The molecule has 0 saturated carbocycles. The largest absolute Gasteiger partial charge is 0.497 e. The zero-order valence-electron chi connectivity index (χ0n) is 15.2. The predicted octanol–water partition coefficient (Wildman–Crippen LogP) is 2.33. The molecule has 7 nitrogen and oxygen atoms in total. The highest BCUT2D eigenvalue weighted by atomic mass is 16.5. The Bertz CT molecular complexity index is 787. The molecule has 2 amide bonds. The Balaban J connectivity index is 1.76. The SMILES string of the molecule is CCOc1ccccc1OCC(=O)NNC(=O)/C=C/c1ccc(OC)cc1. The summed E-state index contributed by atoms with van der Waals surface area (Å²) in [7, 11) is 1.58. The minimum absolute atomic E-state index is 0.257. The van der Waals surface area contributed by atoms with E-state index in [9.17, 15) is 9.59 Å². The van der Waals surface area contributed by atoms with E-state index in [-0.39, 0.29) is 6.61 Å². The van der Waals surface area contributed by atoms with Gasteiger partial charge in [0.2, 0.25) is 0 Å². The first kappa shape index (κ1) is 19.8. The number of carbonyl (C=O) groups is 2. The molecule has 2 rings (SSSR count). The molecule has 0 saturated heterocycles. The van der Waals surface area contributed by atoms with Gasteiger partial charge in [-0.25, -0.2) is 0 Å². The Morgan fingerprint density at radius 3 is 2.26 bits per heavy atom. The second-order valence-corrected chi connectivity index (χ2v) is 5.31. The van der Waals surface area contributed by atoms with Crippen LogP contribution in [0.15, 0.2) is 54.6 Å².